The maximum Gasteiger partial charge on any atom is 0.262 e. The van der Waals surface area contributed by atoms with Gasteiger partial charge in [-0.1, -0.05) is 0 Å². The minimum absolute atomic E-state index is 0.249. The van der Waals surface area contributed by atoms with Gasteiger partial charge in [-0.2, -0.15) is 5.26 Å². The van der Waals surface area contributed by atoms with Gasteiger partial charge in [0.05, 0.1) is 6.20 Å². The number of aromatic nitrogens is 3. The molecule has 0 spiro atoms. The molecule has 0 saturated carbocycles. The van der Waals surface area contributed by atoms with Crippen LogP contribution in [0.4, 0.5) is 4.39 Å². The van der Waals surface area contributed by atoms with Crippen LogP contribution >= 0.6 is 11.8 Å². The van der Waals surface area contributed by atoms with Crippen molar-refractivity contribution in [3.8, 4) is 17.4 Å². The van der Waals surface area contributed by atoms with E-state index in [1.165, 1.54) is 23.9 Å². The topological polar surface area (TPSA) is 75.6 Å². The van der Waals surface area contributed by atoms with Crippen LogP contribution in [0.2, 0.25) is 0 Å². The summed E-state index contributed by atoms with van der Waals surface area (Å²) in [7, 11) is 0. The fraction of sp³-hybridized carbons (Fsp3) is 0. The third kappa shape index (κ3) is 3.07. The lowest BCUT2D eigenvalue weighted by molar-refractivity contribution is 0.465. The lowest BCUT2D eigenvalue weighted by atomic mass is 10.2. The van der Waals surface area contributed by atoms with Crippen molar-refractivity contribution >= 4 is 11.8 Å². The first-order valence-corrected chi connectivity index (χ1v) is 6.70. The molecule has 102 valence electrons. The van der Waals surface area contributed by atoms with Gasteiger partial charge >= 0.3 is 0 Å². The van der Waals surface area contributed by atoms with E-state index in [1.54, 1.807) is 30.5 Å². The summed E-state index contributed by atoms with van der Waals surface area (Å²) in [5.74, 6) is 0.236. The molecule has 0 bridgehead atoms. The van der Waals surface area contributed by atoms with Gasteiger partial charge in [-0.05, 0) is 48.2 Å². The molecule has 0 atom stereocenters. The second-order valence-electron chi connectivity index (χ2n) is 3.97. The quantitative estimate of drug-likeness (QED) is 0.738. The Morgan fingerprint density at radius 2 is 1.90 bits per heavy atom. The number of hydrogen-bond acceptors (Lipinski definition) is 6. The maximum atomic E-state index is 12.9. The third-order valence-electron chi connectivity index (χ3n) is 2.56. The molecule has 21 heavy (non-hydrogen) atoms. The Hall–Kier alpha value is -2.72. The first kappa shape index (κ1) is 13.3. The molecular weight excluding hydrogens is 291 g/mol. The fourth-order valence-corrected chi connectivity index (χ4v) is 2.21. The minimum atomic E-state index is -0.305. The molecule has 0 radical (unpaired) electrons. The number of nitrogens with zero attached hydrogens (tertiary/aromatic N) is 4. The molecule has 0 saturated heterocycles. The smallest absolute Gasteiger partial charge is 0.262 e. The van der Waals surface area contributed by atoms with Crippen molar-refractivity contribution in [2.75, 3.05) is 0 Å². The maximum absolute atomic E-state index is 12.9. The number of oxazole rings is 1. The summed E-state index contributed by atoms with van der Waals surface area (Å²) >= 11 is 1.19. The van der Waals surface area contributed by atoms with Crippen LogP contribution in [-0.4, -0.2) is 15.2 Å². The highest BCUT2D eigenvalue weighted by Gasteiger charge is 2.09. The molecule has 7 heteroatoms. The van der Waals surface area contributed by atoms with Gasteiger partial charge in [0.15, 0.2) is 11.5 Å². The molecule has 0 N–H and O–H groups in total. The zero-order valence-electron chi connectivity index (χ0n) is 10.5. The standard InChI is InChI=1S/C14H7FN4OS/c15-10-3-1-9(2-4-10)12-8-17-14(20-12)21-13-6-5-11(7-16)18-19-13/h1-6,8H. The van der Waals surface area contributed by atoms with Crippen molar-refractivity contribution in [1.29, 1.82) is 5.26 Å². The lowest BCUT2D eigenvalue weighted by Crippen LogP contribution is -1.88. The van der Waals surface area contributed by atoms with Gasteiger partial charge in [0, 0.05) is 5.56 Å². The molecule has 2 heterocycles. The summed E-state index contributed by atoms with van der Waals surface area (Å²) in [4.78, 5) is 4.12. The molecule has 0 aliphatic carbocycles. The highest BCUT2D eigenvalue weighted by molar-refractivity contribution is 7.99. The Morgan fingerprint density at radius 1 is 1.10 bits per heavy atom. The predicted octanol–water partition coefficient (Wildman–Crippen LogP) is 3.29. The van der Waals surface area contributed by atoms with Crippen LogP contribution in [0.1, 0.15) is 5.69 Å². The van der Waals surface area contributed by atoms with Gasteiger partial charge < -0.3 is 4.42 Å². The number of benzene rings is 1. The van der Waals surface area contributed by atoms with E-state index in [0.717, 1.165) is 5.56 Å². The highest BCUT2D eigenvalue weighted by atomic mass is 32.2. The van der Waals surface area contributed by atoms with Crippen LogP contribution in [0, 0.1) is 17.1 Å². The van der Waals surface area contributed by atoms with Crippen LogP contribution in [0.15, 0.2) is 57.3 Å². The summed E-state index contributed by atoms with van der Waals surface area (Å²) in [5, 5.41) is 17.2. The van der Waals surface area contributed by atoms with Gasteiger partial charge in [0.25, 0.3) is 5.22 Å². The minimum Gasteiger partial charge on any atom is -0.431 e. The Balaban J connectivity index is 1.78. The van der Waals surface area contributed by atoms with Gasteiger partial charge in [-0.3, -0.25) is 0 Å². The van der Waals surface area contributed by atoms with Crippen molar-refractivity contribution in [2.45, 2.75) is 10.2 Å². The lowest BCUT2D eigenvalue weighted by Gasteiger charge is -1.96. The van der Waals surface area contributed by atoms with E-state index in [1.807, 2.05) is 6.07 Å². The van der Waals surface area contributed by atoms with Crippen molar-refractivity contribution in [3.63, 3.8) is 0 Å². The van der Waals surface area contributed by atoms with Crippen molar-refractivity contribution in [2.24, 2.45) is 0 Å². The monoisotopic (exact) mass is 298 g/mol. The Morgan fingerprint density at radius 3 is 2.57 bits per heavy atom. The molecule has 0 aliphatic rings. The summed E-state index contributed by atoms with van der Waals surface area (Å²) in [6.45, 7) is 0. The van der Waals surface area contributed by atoms with E-state index >= 15 is 0 Å². The fourth-order valence-electron chi connectivity index (χ4n) is 1.58. The van der Waals surface area contributed by atoms with Crippen LogP contribution in [0.3, 0.4) is 0 Å². The van der Waals surface area contributed by atoms with Crippen molar-refractivity contribution in [1.82, 2.24) is 15.2 Å². The van der Waals surface area contributed by atoms with E-state index in [4.69, 9.17) is 9.68 Å². The van der Waals surface area contributed by atoms with Gasteiger partial charge in [0.1, 0.15) is 16.9 Å². The molecule has 3 rings (SSSR count). The average Bonchev–Trinajstić information content (AvgIpc) is 2.97. The highest BCUT2D eigenvalue weighted by Crippen LogP contribution is 2.29. The Labute approximate surface area is 123 Å². The number of hydrogen-bond donors (Lipinski definition) is 0. The van der Waals surface area contributed by atoms with E-state index in [0.29, 0.717) is 16.0 Å². The zero-order valence-corrected chi connectivity index (χ0v) is 11.3. The third-order valence-corrected chi connectivity index (χ3v) is 3.35. The second-order valence-corrected chi connectivity index (χ2v) is 4.94. The number of nitriles is 1. The van der Waals surface area contributed by atoms with E-state index in [9.17, 15) is 4.39 Å². The molecule has 1 aromatic carbocycles. The summed E-state index contributed by atoms with van der Waals surface area (Å²) < 4.78 is 18.4. The molecule has 0 amide bonds. The summed E-state index contributed by atoms with van der Waals surface area (Å²) in [6.07, 6.45) is 1.56. The van der Waals surface area contributed by atoms with Crippen LogP contribution < -0.4 is 0 Å². The molecule has 3 aromatic rings. The van der Waals surface area contributed by atoms with Crippen LogP contribution in [0.5, 0.6) is 0 Å². The molecule has 0 unspecified atom stereocenters. The van der Waals surface area contributed by atoms with E-state index in [-0.39, 0.29) is 11.5 Å². The predicted molar refractivity (Wildman–Crippen MR) is 72.8 cm³/mol. The Kier molecular flexibility index (Phi) is 3.62. The molecule has 5 nitrogen and oxygen atoms in total. The normalized spacial score (nSPS) is 10.3. The van der Waals surface area contributed by atoms with E-state index in [2.05, 4.69) is 15.2 Å². The van der Waals surface area contributed by atoms with Crippen molar-refractivity contribution < 1.29 is 8.81 Å². The molecule has 0 fully saturated rings. The Bertz CT molecular complexity index is 793. The van der Waals surface area contributed by atoms with E-state index < -0.39 is 0 Å². The average molecular weight is 298 g/mol. The first-order chi connectivity index (χ1) is 10.2. The van der Waals surface area contributed by atoms with Crippen molar-refractivity contribution in [3.05, 3.63) is 54.1 Å². The van der Waals surface area contributed by atoms with Gasteiger partial charge in [0.2, 0.25) is 0 Å². The SMILES string of the molecule is N#Cc1ccc(Sc2ncc(-c3ccc(F)cc3)o2)nn1. The summed E-state index contributed by atoms with van der Waals surface area (Å²) in [5.41, 5.74) is 0.986. The van der Waals surface area contributed by atoms with Gasteiger partial charge in [-0.15, -0.1) is 10.2 Å². The first-order valence-electron chi connectivity index (χ1n) is 5.88. The van der Waals surface area contributed by atoms with Crippen LogP contribution in [0.25, 0.3) is 11.3 Å². The molecular formula is C14H7FN4OS. The van der Waals surface area contributed by atoms with Gasteiger partial charge in [-0.25, -0.2) is 9.37 Å². The molecule has 2 aromatic heterocycles. The zero-order chi connectivity index (χ0) is 14.7. The number of rotatable bonds is 3. The van der Waals surface area contributed by atoms with Crippen LogP contribution in [-0.2, 0) is 0 Å². The molecule has 0 aliphatic heterocycles. The largest absolute Gasteiger partial charge is 0.431 e. The number of halogens is 1. The second kappa shape index (κ2) is 5.73. The summed E-state index contributed by atoms with van der Waals surface area (Å²) in [6, 6.07) is 11.1.